The molecule has 1 aliphatic rings. The van der Waals surface area contributed by atoms with Crippen molar-refractivity contribution in [3.8, 4) is 0 Å². The molecule has 104 valence electrons. The van der Waals surface area contributed by atoms with E-state index in [4.69, 9.17) is 5.11 Å². The van der Waals surface area contributed by atoms with Gasteiger partial charge in [0, 0.05) is 11.7 Å². The first-order valence-electron chi connectivity index (χ1n) is 6.11. The lowest BCUT2D eigenvalue weighted by Gasteiger charge is -2.13. The molecule has 1 atom stereocenters. The van der Waals surface area contributed by atoms with Crippen molar-refractivity contribution in [1.29, 1.82) is 0 Å². The number of hydrogen-bond donors (Lipinski definition) is 2. The molecule has 1 aromatic heterocycles. The topological polar surface area (TPSA) is 96.4 Å². The summed E-state index contributed by atoms with van der Waals surface area (Å²) >= 11 is 0. The van der Waals surface area contributed by atoms with E-state index in [1.165, 1.54) is 12.1 Å². The second-order valence-electron chi connectivity index (χ2n) is 4.64. The number of nitrogens with zero attached hydrogens (tertiary/aromatic N) is 1. The van der Waals surface area contributed by atoms with E-state index in [-0.39, 0.29) is 23.1 Å². The van der Waals surface area contributed by atoms with Gasteiger partial charge in [0.2, 0.25) is 0 Å². The molecule has 1 aromatic rings. The average molecular weight is 284 g/mol. The number of aryl methyl sites for hydroxylation is 1. The molecule has 6 nitrogen and oxygen atoms in total. The van der Waals surface area contributed by atoms with Crippen LogP contribution >= 0.6 is 0 Å². The lowest BCUT2D eigenvalue weighted by atomic mass is 10.2. The summed E-state index contributed by atoms with van der Waals surface area (Å²) in [5.41, 5.74) is 0.832. The molecule has 19 heavy (non-hydrogen) atoms. The Labute approximate surface area is 111 Å². The van der Waals surface area contributed by atoms with E-state index in [9.17, 15) is 13.2 Å². The van der Waals surface area contributed by atoms with Crippen molar-refractivity contribution >= 4 is 21.6 Å². The number of hydrogen-bond acceptors (Lipinski definition) is 5. The van der Waals surface area contributed by atoms with Crippen LogP contribution in [0.2, 0.25) is 0 Å². The van der Waals surface area contributed by atoms with E-state index in [1.54, 1.807) is 0 Å². The molecule has 1 saturated heterocycles. The summed E-state index contributed by atoms with van der Waals surface area (Å²) in [7, 11) is -2.96. The van der Waals surface area contributed by atoms with Crippen molar-refractivity contribution in [3.05, 3.63) is 23.4 Å². The highest BCUT2D eigenvalue weighted by Crippen LogP contribution is 2.18. The predicted molar refractivity (Wildman–Crippen MR) is 71.3 cm³/mol. The fourth-order valence-corrected chi connectivity index (χ4v) is 3.76. The number of carboxylic acid groups (broad SMARTS) is 1. The predicted octanol–water partition coefficient (Wildman–Crippen LogP) is 0.941. The van der Waals surface area contributed by atoms with Crippen LogP contribution in [0.5, 0.6) is 0 Å². The highest BCUT2D eigenvalue weighted by atomic mass is 32.2. The minimum Gasteiger partial charge on any atom is -0.478 e. The zero-order chi connectivity index (χ0) is 14.0. The van der Waals surface area contributed by atoms with Crippen LogP contribution < -0.4 is 5.32 Å². The summed E-state index contributed by atoms with van der Waals surface area (Å²) in [6.07, 6.45) is 1.15. The fraction of sp³-hybridized carbons (Fsp3) is 0.500. The Morgan fingerprint density at radius 1 is 1.53 bits per heavy atom. The summed E-state index contributed by atoms with van der Waals surface area (Å²) in [6, 6.07) is 2.77. The number of aromatic carboxylic acids is 1. The van der Waals surface area contributed by atoms with Gasteiger partial charge in [-0.2, -0.15) is 0 Å². The van der Waals surface area contributed by atoms with E-state index >= 15 is 0 Å². The van der Waals surface area contributed by atoms with Crippen LogP contribution in [0.1, 0.15) is 29.4 Å². The Hall–Kier alpha value is -1.63. The number of nitrogens with one attached hydrogen (secondary N) is 1. The van der Waals surface area contributed by atoms with Gasteiger partial charge in [-0.05, 0) is 25.0 Å². The molecule has 1 fully saturated rings. The molecule has 0 bridgehead atoms. The zero-order valence-electron chi connectivity index (χ0n) is 10.6. The van der Waals surface area contributed by atoms with Gasteiger partial charge in [-0.15, -0.1) is 0 Å². The highest BCUT2D eigenvalue weighted by molar-refractivity contribution is 7.91. The SMILES string of the molecule is CCc1cc(C(=O)O)cc(NC2CCS(=O)(=O)C2)n1. The van der Waals surface area contributed by atoms with Crippen molar-refractivity contribution in [3.63, 3.8) is 0 Å². The summed E-state index contributed by atoms with van der Waals surface area (Å²) in [5, 5.41) is 12.0. The molecule has 1 aliphatic heterocycles. The van der Waals surface area contributed by atoms with Crippen molar-refractivity contribution in [2.24, 2.45) is 0 Å². The molecule has 2 heterocycles. The van der Waals surface area contributed by atoms with Gasteiger partial charge in [-0.25, -0.2) is 18.2 Å². The molecule has 7 heteroatoms. The van der Waals surface area contributed by atoms with Crippen LogP contribution in [-0.4, -0.2) is 42.0 Å². The highest BCUT2D eigenvalue weighted by Gasteiger charge is 2.28. The summed E-state index contributed by atoms with van der Waals surface area (Å²) < 4.78 is 22.7. The van der Waals surface area contributed by atoms with Gasteiger partial charge in [0.1, 0.15) is 5.82 Å². The molecule has 2 N–H and O–H groups in total. The largest absolute Gasteiger partial charge is 0.478 e. The summed E-state index contributed by atoms with van der Waals surface area (Å²) in [5.74, 6) is -0.338. The van der Waals surface area contributed by atoms with Gasteiger partial charge in [-0.3, -0.25) is 0 Å². The van der Waals surface area contributed by atoms with E-state index in [0.29, 0.717) is 24.4 Å². The van der Waals surface area contributed by atoms with Crippen LogP contribution in [0.15, 0.2) is 12.1 Å². The Kier molecular flexibility index (Phi) is 3.75. The van der Waals surface area contributed by atoms with Crippen LogP contribution in [0.25, 0.3) is 0 Å². The quantitative estimate of drug-likeness (QED) is 0.854. The molecule has 1 unspecified atom stereocenters. The van der Waals surface area contributed by atoms with Gasteiger partial charge < -0.3 is 10.4 Å². The van der Waals surface area contributed by atoms with Crippen molar-refractivity contribution in [2.75, 3.05) is 16.8 Å². The lowest BCUT2D eigenvalue weighted by Crippen LogP contribution is -2.21. The maximum Gasteiger partial charge on any atom is 0.335 e. The van der Waals surface area contributed by atoms with Crippen LogP contribution in [-0.2, 0) is 16.3 Å². The molecule has 0 spiro atoms. The maximum atomic E-state index is 11.4. The molecule has 0 aromatic carbocycles. The Balaban J connectivity index is 2.20. The molecule has 0 radical (unpaired) electrons. The van der Waals surface area contributed by atoms with Gasteiger partial charge in [0.05, 0.1) is 17.1 Å². The smallest absolute Gasteiger partial charge is 0.335 e. The Bertz CT molecular complexity index is 598. The summed E-state index contributed by atoms with van der Waals surface area (Å²) in [4.78, 5) is 15.3. The van der Waals surface area contributed by atoms with E-state index in [0.717, 1.165) is 0 Å². The van der Waals surface area contributed by atoms with Crippen molar-refractivity contribution < 1.29 is 18.3 Å². The number of aromatic nitrogens is 1. The first-order valence-corrected chi connectivity index (χ1v) is 7.93. The number of sulfone groups is 1. The van der Waals surface area contributed by atoms with Crippen LogP contribution in [0.3, 0.4) is 0 Å². The fourth-order valence-electron chi connectivity index (χ4n) is 2.08. The molecule has 0 aliphatic carbocycles. The minimum absolute atomic E-state index is 0.0768. The number of rotatable bonds is 4. The Morgan fingerprint density at radius 3 is 2.79 bits per heavy atom. The van der Waals surface area contributed by atoms with Gasteiger partial charge in [0.25, 0.3) is 0 Å². The monoisotopic (exact) mass is 284 g/mol. The van der Waals surface area contributed by atoms with Crippen molar-refractivity contribution in [2.45, 2.75) is 25.8 Å². The molecular weight excluding hydrogens is 268 g/mol. The second-order valence-corrected chi connectivity index (χ2v) is 6.86. The normalized spacial score (nSPS) is 21.2. The third-order valence-corrected chi connectivity index (χ3v) is 4.84. The molecular formula is C12H16N2O4S. The molecule has 0 amide bonds. The van der Waals surface area contributed by atoms with E-state index in [2.05, 4.69) is 10.3 Å². The Morgan fingerprint density at radius 2 is 2.26 bits per heavy atom. The number of carboxylic acids is 1. The molecule has 2 rings (SSSR count). The lowest BCUT2D eigenvalue weighted by molar-refractivity contribution is 0.0696. The summed E-state index contributed by atoms with van der Waals surface area (Å²) in [6.45, 7) is 1.89. The van der Waals surface area contributed by atoms with Crippen LogP contribution in [0.4, 0.5) is 5.82 Å². The van der Waals surface area contributed by atoms with Gasteiger partial charge in [-0.1, -0.05) is 6.92 Å². The average Bonchev–Trinajstić information content (AvgIpc) is 2.68. The van der Waals surface area contributed by atoms with Gasteiger partial charge >= 0.3 is 5.97 Å². The minimum atomic E-state index is -2.96. The second kappa shape index (κ2) is 5.16. The number of pyridine rings is 1. The first kappa shape index (κ1) is 13.8. The van der Waals surface area contributed by atoms with E-state index in [1.807, 2.05) is 6.92 Å². The first-order chi connectivity index (χ1) is 8.89. The zero-order valence-corrected chi connectivity index (χ0v) is 11.4. The van der Waals surface area contributed by atoms with Crippen molar-refractivity contribution in [1.82, 2.24) is 4.98 Å². The van der Waals surface area contributed by atoms with Crippen LogP contribution in [0, 0.1) is 0 Å². The van der Waals surface area contributed by atoms with Gasteiger partial charge in [0.15, 0.2) is 9.84 Å². The number of anilines is 1. The third-order valence-electron chi connectivity index (χ3n) is 3.07. The number of carbonyl (C=O) groups is 1. The standard InChI is InChI=1S/C12H16N2O4S/c1-2-9-5-8(12(15)16)6-11(13-9)14-10-3-4-19(17,18)7-10/h5-6,10H,2-4,7H2,1H3,(H,13,14)(H,15,16). The third kappa shape index (κ3) is 3.44. The molecule has 0 saturated carbocycles. The maximum absolute atomic E-state index is 11.4. The van der Waals surface area contributed by atoms with E-state index < -0.39 is 15.8 Å².